The minimum Gasteiger partial charge on any atom is -0.481 e. The van der Waals surface area contributed by atoms with Gasteiger partial charge in [0.05, 0.1) is 12.1 Å². The summed E-state index contributed by atoms with van der Waals surface area (Å²) in [5.74, 6) is -0.957. The lowest BCUT2D eigenvalue weighted by atomic mass is 10.2. The van der Waals surface area contributed by atoms with E-state index in [9.17, 15) is 9.59 Å². The number of carbonyl (C=O) groups is 2. The lowest BCUT2D eigenvalue weighted by molar-refractivity contribution is -0.136. The third kappa shape index (κ3) is 4.57. The van der Waals surface area contributed by atoms with Gasteiger partial charge in [-0.05, 0) is 12.5 Å². The number of aryl methyl sites for hydroxylation is 1. The molecule has 0 aliphatic rings. The van der Waals surface area contributed by atoms with Crippen molar-refractivity contribution in [1.82, 2.24) is 4.98 Å². The van der Waals surface area contributed by atoms with Gasteiger partial charge in [0.25, 0.3) is 0 Å². The first-order valence-electron chi connectivity index (χ1n) is 6.20. The Morgan fingerprint density at radius 1 is 1.33 bits per heavy atom. The molecule has 1 amide bonds. The SMILES string of the molecule is Cc1sc(NC(=O)OCc2ccccc2)nc1CC(=O)O. The first kappa shape index (κ1) is 15.0. The lowest BCUT2D eigenvalue weighted by Gasteiger charge is -2.04. The molecule has 2 rings (SSSR count). The van der Waals surface area contributed by atoms with Gasteiger partial charge in [0, 0.05) is 4.88 Å². The highest BCUT2D eigenvalue weighted by molar-refractivity contribution is 7.15. The fourth-order valence-electron chi connectivity index (χ4n) is 1.64. The van der Waals surface area contributed by atoms with Crippen LogP contribution in [0.3, 0.4) is 0 Å². The fraction of sp³-hybridized carbons (Fsp3) is 0.214. The molecule has 0 unspecified atom stereocenters. The Hall–Kier alpha value is -2.41. The van der Waals surface area contributed by atoms with Crippen LogP contribution in [0, 0.1) is 6.92 Å². The maximum Gasteiger partial charge on any atom is 0.413 e. The first-order chi connectivity index (χ1) is 10.0. The summed E-state index contributed by atoms with van der Waals surface area (Å²) in [6, 6.07) is 9.31. The van der Waals surface area contributed by atoms with Crippen molar-refractivity contribution in [2.45, 2.75) is 20.0 Å². The molecule has 0 radical (unpaired) electrons. The number of carboxylic acids is 1. The van der Waals surface area contributed by atoms with Crippen LogP contribution < -0.4 is 5.32 Å². The molecule has 2 N–H and O–H groups in total. The van der Waals surface area contributed by atoms with E-state index in [2.05, 4.69) is 10.3 Å². The number of carboxylic acid groups (broad SMARTS) is 1. The second kappa shape index (κ2) is 6.85. The molecule has 6 nitrogen and oxygen atoms in total. The first-order valence-corrected chi connectivity index (χ1v) is 7.02. The largest absolute Gasteiger partial charge is 0.481 e. The van der Waals surface area contributed by atoms with Crippen LogP contribution in [0.4, 0.5) is 9.93 Å². The summed E-state index contributed by atoms with van der Waals surface area (Å²) in [6.07, 6.45) is -0.780. The van der Waals surface area contributed by atoms with Crippen LogP contribution in [0.2, 0.25) is 0 Å². The predicted molar refractivity (Wildman–Crippen MR) is 78.4 cm³/mol. The third-order valence-electron chi connectivity index (χ3n) is 2.63. The van der Waals surface area contributed by atoms with E-state index in [0.29, 0.717) is 10.8 Å². The van der Waals surface area contributed by atoms with Gasteiger partial charge in [-0.25, -0.2) is 9.78 Å². The topological polar surface area (TPSA) is 88.5 Å². The van der Waals surface area contributed by atoms with E-state index in [-0.39, 0.29) is 13.0 Å². The molecule has 1 heterocycles. The van der Waals surface area contributed by atoms with E-state index in [0.717, 1.165) is 10.4 Å². The monoisotopic (exact) mass is 306 g/mol. The van der Waals surface area contributed by atoms with Crippen molar-refractivity contribution in [3.05, 3.63) is 46.5 Å². The smallest absolute Gasteiger partial charge is 0.413 e. The molecule has 1 aromatic heterocycles. The number of aromatic nitrogens is 1. The molecule has 2 aromatic rings. The lowest BCUT2D eigenvalue weighted by Crippen LogP contribution is -2.13. The van der Waals surface area contributed by atoms with Crippen molar-refractivity contribution in [2.75, 3.05) is 5.32 Å². The molecule has 0 saturated heterocycles. The number of aliphatic carboxylic acids is 1. The molecule has 0 atom stereocenters. The standard InChI is InChI=1S/C14H14N2O4S/c1-9-11(7-12(17)18)15-13(21-9)16-14(19)20-8-10-5-3-2-4-6-10/h2-6H,7-8H2,1H3,(H,17,18)(H,15,16,19). The van der Waals surface area contributed by atoms with Crippen LogP contribution in [0.25, 0.3) is 0 Å². The quantitative estimate of drug-likeness (QED) is 0.886. The van der Waals surface area contributed by atoms with Gasteiger partial charge in [-0.3, -0.25) is 10.1 Å². The molecule has 7 heteroatoms. The number of nitrogens with zero attached hydrogens (tertiary/aromatic N) is 1. The third-order valence-corrected chi connectivity index (χ3v) is 3.56. The summed E-state index contributed by atoms with van der Waals surface area (Å²) in [5.41, 5.74) is 1.33. The van der Waals surface area contributed by atoms with Gasteiger partial charge < -0.3 is 9.84 Å². The van der Waals surface area contributed by atoms with E-state index in [1.165, 1.54) is 11.3 Å². The van der Waals surface area contributed by atoms with Gasteiger partial charge in [0.15, 0.2) is 5.13 Å². The molecular weight excluding hydrogens is 292 g/mol. The Kier molecular flexibility index (Phi) is 4.89. The molecule has 0 fully saturated rings. The Morgan fingerprint density at radius 2 is 2.05 bits per heavy atom. The number of anilines is 1. The number of rotatable bonds is 5. The van der Waals surface area contributed by atoms with Crippen molar-refractivity contribution in [3.8, 4) is 0 Å². The zero-order valence-electron chi connectivity index (χ0n) is 11.3. The summed E-state index contributed by atoms with van der Waals surface area (Å²) < 4.78 is 5.06. The van der Waals surface area contributed by atoms with Crippen molar-refractivity contribution < 1.29 is 19.4 Å². The minimum absolute atomic E-state index is 0.164. The summed E-state index contributed by atoms with van der Waals surface area (Å²) in [4.78, 5) is 27.1. The summed E-state index contributed by atoms with van der Waals surface area (Å²) >= 11 is 1.22. The van der Waals surface area contributed by atoms with E-state index in [1.54, 1.807) is 6.92 Å². The number of ether oxygens (including phenoxy) is 1. The van der Waals surface area contributed by atoms with Crippen LogP contribution >= 0.6 is 11.3 Å². The van der Waals surface area contributed by atoms with Gasteiger partial charge in [0.1, 0.15) is 6.61 Å². The van der Waals surface area contributed by atoms with Gasteiger partial charge in [-0.1, -0.05) is 30.3 Å². The highest BCUT2D eigenvalue weighted by Crippen LogP contribution is 2.22. The maximum absolute atomic E-state index is 11.6. The molecule has 0 spiro atoms. The Labute approximate surface area is 125 Å². The minimum atomic E-state index is -0.957. The van der Waals surface area contributed by atoms with E-state index < -0.39 is 12.1 Å². The van der Waals surface area contributed by atoms with Gasteiger partial charge in [0.2, 0.25) is 0 Å². The van der Waals surface area contributed by atoms with E-state index >= 15 is 0 Å². The van der Waals surface area contributed by atoms with Crippen molar-refractivity contribution in [1.29, 1.82) is 0 Å². The number of benzene rings is 1. The predicted octanol–water partition coefficient (Wildman–Crippen LogP) is 2.83. The average molecular weight is 306 g/mol. The van der Waals surface area contributed by atoms with Crippen LogP contribution in [0.5, 0.6) is 0 Å². The van der Waals surface area contributed by atoms with Crippen LogP contribution in [-0.2, 0) is 22.6 Å². The van der Waals surface area contributed by atoms with Crippen LogP contribution in [0.15, 0.2) is 30.3 Å². The number of nitrogens with one attached hydrogen (secondary N) is 1. The number of hydrogen-bond acceptors (Lipinski definition) is 5. The summed E-state index contributed by atoms with van der Waals surface area (Å²) in [5, 5.41) is 11.6. The zero-order valence-corrected chi connectivity index (χ0v) is 12.1. The highest BCUT2D eigenvalue weighted by Gasteiger charge is 2.13. The van der Waals surface area contributed by atoms with Crippen molar-refractivity contribution >= 4 is 28.5 Å². The number of carbonyl (C=O) groups excluding carboxylic acids is 1. The molecule has 1 aromatic carbocycles. The molecule has 0 saturated carbocycles. The van der Waals surface area contributed by atoms with Crippen molar-refractivity contribution in [3.63, 3.8) is 0 Å². The Morgan fingerprint density at radius 3 is 2.71 bits per heavy atom. The molecule has 21 heavy (non-hydrogen) atoms. The second-order valence-corrected chi connectivity index (χ2v) is 5.48. The summed E-state index contributed by atoms with van der Waals surface area (Å²) in [6.45, 7) is 1.93. The van der Waals surface area contributed by atoms with E-state index in [4.69, 9.17) is 9.84 Å². The van der Waals surface area contributed by atoms with Gasteiger partial charge >= 0.3 is 12.1 Å². The Balaban J connectivity index is 1.89. The van der Waals surface area contributed by atoms with Crippen LogP contribution in [0.1, 0.15) is 16.1 Å². The highest BCUT2D eigenvalue weighted by atomic mass is 32.1. The molecule has 0 aliphatic heterocycles. The zero-order chi connectivity index (χ0) is 15.2. The molecule has 110 valence electrons. The second-order valence-electron chi connectivity index (χ2n) is 4.28. The van der Waals surface area contributed by atoms with E-state index in [1.807, 2.05) is 30.3 Å². The van der Waals surface area contributed by atoms with Crippen LogP contribution in [-0.4, -0.2) is 22.2 Å². The normalized spacial score (nSPS) is 10.1. The van der Waals surface area contributed by atoms with Gasteiger partial charge in [-0.15, -0.1) is 11.3 Å². The Bertz CT molecular complexity index is 640. The molecule has 0 aliphatic carbocycles. The maximum atomic E-state index is 11.6. The number of amides is 1. The summed E-state index contributed by atoms with van der Waals surface area (Å²) in [7, 11) is 0. The average Bonchev–Trinajstić information content (AvgIpc) is 2.77. The fourth-order valence-corrected chi connectivity index (χ4v) is 2.45. The number of thiazole rings is 1. The molecule has 0 bridgehead atoms. The van der Waals surface area contributed by atoms with Gasteiger partial charge in [-0.2, -0.15) is 0 Å². The number of hydrogen-bond donors (Lipinski definition) is 2. The van der Waals surface area contributed by atoms with Crippen molar-refractivity contribution in [2.24, 2.45) is 0 Å². The molecular formula is C14H14N2O4S.